The van der Waals surface area contributed by atoms with Gasteiger partial charge in [0.2, 0.25) is 10.0 Å². The Balaban J connectivity index is 2.21. The van der Waals surface area contributed by atoms with Gasteiger partial charge in [-0.3, -0.25) is 0 Å². The van der Waals surface area contributed by atoms with Gasteiger partial charge in [-0.2, -0.15) is 0 Å². The van der Waals surface area contributed by atoms with Crippen molar-refractivity contribution in [3.63, 3.8) is 0 Å². The van der Waals surface area contributed by atoms with Gasteiger partial charge in [0.25, 0.3) is 0 Å². The highest BCUT2D eigenvalue weighted by Crippen LogP contribution is 2.21. The van der Waals surface area contributed by atoms with Gasteiger partial charge in [-0.1, -0.05) is 6.07 Å². The van der Waals surface area contributed by atoms with E-state index in [4.69, 9.17) is 5.14 Å². The first kappa shape index (κ1) is 14.0. The molecule has 0 aliphatic carbocycles. The first-order chi connectivity index (χ1) is 8.88. The second-order valence-corrected chi connectivity index (χ2v) is 6.94. The highest BCUT2D eigenvalue weighted by molar-refractivity contribution is 7.89. The summed E-state index contributed by atoms with van der Waals surface area (Å²) in [7, 11) is -3.67. The zero-order valence-corrected chi connectivity index (χ0v) is 12.4. The Kier molecular flexibility index (Phi) is 3.93. The number of nitrogens with one attached hydrogen (secondary N) is 1. The van der Waals surface area contributed by atoms with Crippen LogP contribution in [0.15, 0.2) is 34.5 Å². The first-order valence-corrected chi connectivity index (χ1v) is 8.21. The van der Waals surface area contributed by atoms with Crippen LogP contribution in [0.5, 0.6) is 0 Å². The lowest BCUT2D eigenvalue weighted by molar-refractivity contribution is 0.597. The molecular weight excluding hydrogens is 280 g/mol. The summed E-state index contributed by atoms with van der Waals surface area (Å²) in [6.45, 7) is 4.46. The van der Waals surface area contributed by atoms with Crippen molar-refractivity contribution in [1.29, 1.82) is 0 Å². The van der Waals surface area contributed by atoms with Crippen LogP contribution in [0.4, 0.5) is 5.69 Å². The largest absolute Gasteiger partial charge is 0.380 e. The third kappa shape index (κ3) is 3.34. The van der Waals surface area contributed by atoms with Gasteiger partial charge in [0.1, 0.15) is 0 Å². The number of aryl methyl sites for hydroxylation is 2. The van der Waals surface area contributed by atoms with Crippen molar-refractivity contribution >= 4 is 27.0 Å². The molecule has 0 amide bonds. The Morgan fingerprint density at radius 2 is 1.95 bits per heavy atom. The van der Waals surface area contributed by atoms with Gasteiger partial charge in [0.05, 0.1) is 4.90 Å². The average Bonchev–Trinajstić information content (AvgIpc) is 2.72. The van der Waals surface area contributed by atoms with E-state index in [0.29, 0.717) is 12.1 Å². The number of benzene rings is 1. The molecule has 2 aromatic rings. The molecule has 0 saturated heterocycles. The molecule has 0 aliphatic heterocycles. The van der Waals surface area contributed by atoms with E-state index in [9.17, 15) is 8.42 Å². The van der Waals surface area contributed by atoms with Crippen molar-refractivity contribution < 1.29 is 8.42 Å². The minimum absolute atomic E-state index is 0.167. The van der Waals surface area contributed by atoms with E-state index in [1.165, 1.54) is 10.4 Å². The van der Waals surface area contributed by atoms with E-state index in [1.54, 1.807) is 30.4 Å². The third-order valence-corrected chi connectivity index (χ3v) is 4.99. The molecule has 1 aromatic heterocycles. The van der Waals surface area contributed by atoms with Crippen LogP contribution in [0.1, 0.15) is 16.0 Å². The average molecular weight is 296 g/mol. The Hall–Kier alpha value is -1.37. The monoisotopic (exact) mass is 296 g/mol. The van der Waals surface area contributed by atoms with Gasteiger partial charge in [-0.05, 0) is 48.6 Å². The van der Waals surface area contributed by atoms with E-state index >= 15 is 0 Å². The van der Waals surface area contributed by atoms with E-state index in [1.807, 2.05) is 11.4 Å². The number of anilines is 1. The second kappa shape index (κ2) is 5.32. The van der Waals surface area contributed by atoms with Gasteiger partial charge < -0.3 is 5.32 Å². The minimum Gasteiger partial charge on any atom is -0.380 e. The minimum atomic E-state index is -3.67. The number of hydrogen-bond acceptors (Lipinski definition) is 4. The summed E-state index contributed by atoms with van der Waals surface area (Å²) in [5.74, 6) is 0. The topological polar surface area (TPSA) is 72.2 Å². The molecule has 6 heteroatoms. The van der Waals surface area contributed by atoms with E-state index < -0.39 is 10.0 Å². The summed E-state index contributed by atoms with van der Waals surface area (Å²) in [5, 5.41) is 10.4. The van der Waals surface area contributed by atoms with Crippen LogP contribution in [0.25, 0.3) is 0 Å². The Morgan fingerprint density at radius 1 is 1.21 bits per heavy atom. The molecule has 0 aliphatic rings. The highest BCUT2D eigenvalue weighted by atomic mass is 32.2. The molecule has 0 atom stereocenters. The zero-order valence-electron chi connectivity index (χ0n) is 10.8. The van der Waals surface area contributed by atoms with Crippen molar-refractivity contribution in [2.24, 2.45) is 5.14 Å². The van der Waals surface area contributed by atoms with Crippen LogP contribution in [0, 0.1) is 13.8 Å². The lowest BCUT2D eigenvalue weighted by atomic mass is 10.2. The lowest BCUT2D eigenvalue weighted by Gasteiger charge is -2.09. The standard InChI is InChI=1S/C13H16N2O2S2/c1-9-5-6-18-12(9)8-15-11-4-3-10(2)13(7-11)19(14,16)17/h3-7,15H,8H2,1-2H3,(H2,14,16,17). The molecule has 0 bridgehead atoms. The molecular formula is C13H16N2O2S2. The highest BCUT2D eigenvalue weighted by Gasteiger charge is 2.12. The van der Waals surface area contributed by atoms with Gasteiger partial charge in [-0.25, -0.2) is 13.6 Å². The zero-order chi connectivity index (χ0) is 14.0. The fraction of sp³-hybridized carbons (Fsp3) is 0.231. The van der Waals surface area contributed by atoms with Gasteiger partial charge in [0, 0.05) is 17.1 Å². The summed E-state index contributed by atoms with van der Waals surface area (Å²) in [5.41, 5.74) is 2.64. The Morgan fingerprint density at radius 3 is 2.53 bits per heavy atom. The molecule has 4 nitrogen and oxygen atoms in total. The normalized spacial score (nSPS) is 11.5. The van der Waals surface area contributed by atoms with Gasteiger partial charge in [0.15, 0.2) is 0 Å². The first-order valence-electron chi connectivity index (χ1n) is 5.78. The summed E-state index contributed by atoms with van der Waals surface area (Å²) in [6.07, 6.45) is 0. The molecule has 1 aromatic carbocycles. The fourth-order valence-corrected chi connectivity index (χ4v) is 3.44. The number of primary sulfonamides is 1. The Labute approximate surface area is 117 Å². The maximum atomic E-state index is 11.4. The number of sulfonamides is 1. The predicted molar refractivity (Wildman–Crippen MR) is 78.9 cm³/mol. The van der Waals surface area contributed by atoms with Crippen molar-refractivity contribution in [2.45, 2.75) is 25.3 Å². The summed E-state index contributed by atoms with van der Waals surface area (Å²) in [4.78, 5) is 1.40. The molecule has 0 spiro atoms. The van der Waals surface area contributed by atoms with Crippen LogP contribution < -0.4 is 10.5 Å². The van der Waals surface area contributed by atoms with Crippen LogP contribution in [-0.4, -0.2) is 8.42 Å². The third-order valence-electron chi connectivity index (χ3n) is 2.92. The van der Waals surface area contributed by atoms with Crippen LogP contribution in [0.2, 0.25) is 0 Å². The summed E-state index contributed by atoms with van der Waals surface area (Å²) in [6, 6.07) is 7.25. The quantitative estimate of drug-likeness (QED) is 0.911. The predicted octanol–water partition coefficient (Wildman–Crippen LogP) is 2.62. The number of thiophene rings is 1. The smallest absolute Gasteiger partial charge is 0.238 e. The van der Waals surface area contributed by atoms with Crippen LogP contribution >= 0.6 is 11.3 Å². The maximum absolute atomic E-state index is 11.4. The fourth-order valence-electron chi connectivity index (χ4n) is 1.78. The molecule has 0 unspecified atom stereocenters. The number of nitrogens with two attached hydrogens (primary N) is 1. The molecule has 102 valence electrons. The molecule has 3 N–H and O–H groups in total. The van der Waals surface area contributed by atoms with Crippen molar-refractivity contribution in [2.75, 3.05) is 5.32 Å². The Bertz CT molecular complexity index is 690. The molecule has 2 rings (SSSR count). The molecule has 1 heterocycles. The van der Waals surface area contributed by atoms with Gasteiger partial charge >= 0.3 is 0 Å². The summed E-state index contributed by atoms with van der Waals surface area (Å²) >= 11 is 1.68. The molecule has 0 fully saturated rings. The van der Waals surface area contributed by atoms with E-state index in [-0.39, 0.29) is 4.90 Å². The van der Waals surface area contributed by atoms with Gasteiger partial charge in [-0.15, -0.1) is 11.3 Å². The molecule has 19 heavy (non-hydrogen) atoms. The number of hydrogen-bond donors (Lipinski definition) is 2. The lowest BCUT2D eigenvalue weighted by Crippen LogP contribution is -2.14. The SMILES string of the molecule is Cc1ccc(NCc2sccc2C)cc1S(N)(=O)=O. The molecule has 0 radical (unpaired) electrons. The van der Waals surface area contributed by atoms with Crippen molar-refractivity contribution in [1.82, 2.24) is 0 Å². The van der Waals surface area contributed by atoms with E-state index in [0.717, 1.165) is 5.69 Å². The van der Waals surface area contributed by atoms with Crippen molar-refractivity contribution in [3.8, 4) is 0 Å². The molecule has 0 saturated carbocycles. The van der Waals surface area contributed by atoms with Crippen LogP contribution in [-0.2, 0) is 16.6 Å². The summed E-state index contributed by atoms with van der Waals surface area (Å²) < 4.78 is 22.9. The van der Waals surface area contributed by atoms with E-state index in [2.05, 4.69) is 18.3 Å². The maximum Gasteiger partial charge on any atom is 0.238 e. The number of rotatable bonds is 4. The van der Waals surface area contributed by atoms with Crippen LogP contribution in [0.3, 0.4) is 0 Å². The van der Waals surface area contributed by atoms with Crippen molar-refractivity contribution in [3.05, 3.63) is 45.6 Å². The second-order valence-electron chi connectivity index (χ2n) is 4.41.